The number of anilines is 1. The lowest BCUT2D eigenvalue weighted by Crippen LogP contribution is -2.45. The van der Waals surface area contributed by atoms with Crippen LogP contribution in [0, 0.1) is 0 Å². The quantitative estimate of drug-likeness (QED) is 0.488. The zero-order valence-corrected chi connectivity index (χ0v) is 21.2. The highest BCUT2D eigenvalue weighted by Gasteiger charge is 2.65. The predicted molar refractivity (Wildman–Crippen MR) is 122 cm³/mol. The van der Waals surface area contributed by atoms with Crippen LogP contribution in [0.5, 0.6) is 5.75 Å². The summed E-state index contributed by atoms with van der Waals surface area (Å²) in [6, 6.07) is 4.58. The zero-order valence-electron chi connectivity index (χ0n) is 18.7. The van der Waals surface area contributed by atoms with Crippen LogP contribution in [0.2, 0.25) is 10.0 Å². The molecule has 0 aliphatic carbocycles. The van der Waals surface area contributed by atoms with Gasteiger partial charge in [-0.1, -0.05) is 23.2 Å². The van der Waals surface area contributed by atoms with Gasteiger partial charge in [-0.05, 0) is 37.6 Å². The first kappa shape index (κ1) is 26.3. The van der Waals surface area contributed by atoms with Gasteiger partial charge < -0.3 is 14.8 Å². The van der Waals surface area contributed by atoms with Crippen molar-refractivity contribution < 1.29 is 36.4 Å². The third-order valence-electron chi connectivity index (χ3n) is 5.15. The lowest BCUT2D eigenvalue weighted by Gasteiger charge is -2.32. The summed E-state index contributed by atoms with van der Waals surface area (Å²) in [6.45, 7) is 2.86. The highest BCUT2D eigenvalue weighted by Crippen LogP contribution is 2.60. The summed E-state index contributed by atoms with van der Waals surface area (Å²) in [5, 5.41) is 3.51. The molecule has 3 heterocycles. The zero-order chi connectivity index (χ0) is 25.5. The van der Waals surface area contributed by atoms with Crippen molar-refractivity contribution in [3.63, 3.8) is 0 Å². The molecule has 1 N–H and O–H groups in total. The molecule has 4 rings (SSSR count). The van der Waals surface area contributed by atoms with Gasteiger partial charge in [0.1, 0.15) is 11.9 Å². The molecular weight excluding hydrogens is 534 g/mol. The highest BCUT2D eigenvalue weighted by atomic mass is 35.5. The Morgan fingerprint density at radius 2 is 2.03 bits per heavy atom. The number of methoxy groups -OCH3 is 1. The van der Waals surface area contributed by atoms with E-state index in [-0.39, 0.29) is 12.4 Å². The third kappa shape index (κ3) is 5.34. The van der Waals surface area contributed by atoms with E-state index in [9.17, 15) is 9.36 Å². The maximum absolute atomic E-state index is 15.2. The summed E-state index contributed by atoms with van der Waals surface area (Å²) in [6.07, 6.45) is -4.70. The van der Waals surface area contributed by atoms with E-state index in [4.69, 9.17) is 46.2 Å². The molecule has 4 atom stereocenters. The molecule has 35 heavy (non-hydrogen) atoms. The summed E-state index contributed by atoms with van der Waals surface area (Å²) in [7, 11) is -2.77. The number of phosphoric acid groups is 1. The molecule has 2 aromatic rings. The molecule has 2 saturated heterocycles. The first-order chi connectivity index (χ1) is 16.4. The number of fused-ring (bicyclic) bond motifs is 1. The standard InChI is InChI=1S/C20H22Cl2F2N3O7P/c1-10(2)33-35(29)31-9-14-17(34-35)20(23,24)18(32-14)27-5-4-15(26-19(27)28)25-8-11-6-12(21)16(30-3)13(22)7-11/h4-7,10,14,17-18H,8-9H2,1-3H3,(H,25,26,28)/t14-,17-,18?,35?/m1/s1. The van der Waals surface area contributed by atoms with E-state index in [1.54, 1.807) is 26.0 Å². The van der Waals surface area contributed by atoms with Crippen molar-refractivity contribution in [1.82, 2.24) is 9.55 Å². The van der Waals surface area contributed by atoms with Gasteiger partial charge in [0.15, 0.2) is 11.9 Å². The van der Waals surface area contributed by atoms with Crippen molar-refractivity contribution in [3.05, 3.63) is 50.5 Å². The van der Waals surface area contributed by atoms with Gasteiger partial charge in [-0.25, -0.2) is 9.36 Å². The normalized spacial score (nSPS) is 27.6. The van der Waals surface area contributed by atoms with Gasteiger partial charge in [-0.2, -0.15) is 13.8 Å². The Balaban J connectivity index is 1.49. The first-order valence-corrected chi connectivity index (χ1v) is 12.6. The molecule has 2 fully saturated rings. The van der Waals surface area contributed by atoms with Crippen molar-refractivity contribution in [2.45, 2.75) is 50.9 Å². The topological polar surface area (TPSA) is 110 Å². The third-order valence-corrected chi connectivity index (χ3v) is 7.34. The molecule has 0 saturated carbocycles. The summed E-state index contributed by atoms with van der Waals surface area (Å²) >= 11 is 12.2. The van der Waals surface area contributed by atoms with E-state index in [0.717, 1.165) is 6.20 Å². The minimum absolute atomic E-state index is 0.127. The fraction of sp³-hybridized carbons (Fsp3) is 0.500. The molecule has 10 nitrogen and oxygen atoms in total. The Labute approximate surface area is 209 Å². The molecule has 1 aromatic heterocycles. The van der Waals surface area contributed by atoms with Crippen molar-refractivity contribution in [1.29, 1.82) is 0 Å². The number of phosphoric ester groups is 1. The second-order valence-corrected chi connectivity index (χ2v) is 10.5. The maximum atomic E-state index is 15.2. The fourth-order valence-electron chi connectivity index (χ4n) is 3.67. The summed E-state index contributed by atoms with van der Waals surface area (Å²) in [5.41, 5.74) is -0.321. The molecule has 0 amide bonds. The number of ether oxygens (including phenoxy) is 2. The maximum Gasteiger partial charge on any atom is 0.475 e. The molecular formula is C20H22Cl2F2N3O7P. The van der Waals surface area contributed by atoms with E-state index in [2.05, 4.69) is 10.3 Å². The molecule has 1 aromatic carbocycles. The van der Waals surface area contributed by atoms with Crippen molar-refractivity contribution >= 4 is 36.8 Å². The largest absolute Gasteiger partial charge is 0.494 e. The molecule has 0 bridgehead atoms. The number of aromatic nitrogens is 2. The molecule has 15 heteroatoms. The molecule has 0 spiro atoms. The van der Waals surface area contributed by atoms with Gasteiger partial charge in [0, 0.05) is 12.7 Å². The van der Waals surface area contributed by atoms with Gasteiger partial charge in [0.25, 0.3) is 0 Å². The Kier molecular flexibility index (Phi) is 7.46. The number of nitrogens with zero attached hydrogens (tertiary/aromatic N) is 2. The molecule has 2 aliphatic heterocycles. The van der Waals surface area contributed by atoms with E-state index in [0.29, 0.717) is 25.9 Å². The number of alkyl halides is 2. The summed E-state index contributed by atoms with van der Waals surface area (Å²) < 4.78 is 69.1. The van der Waals surface area contributed by atoms with E-state index < -0.39 is 50.6 Å². The lowest BCUT2D eigenvalue weighted by molar-refractivity contribution is -0.139. The van der Waals surface area contributed by atoms with Crippen LogP contribution in [0.25, 0.3) is 0 Å². The van der Waals surface area contributed by atoms with Crippen molar-refractivity contribution in [3.8, 4) is 5.75 Å². The van der Waals surface area contributed by atoms with Gasteiger partial charge >= 0.3 is 19.4 Å². The SMILES string of the molecule is COc1c(Cl)cc(CNc2ccn(C3O[C@@H]4COP(=O)(OC(C)C)O[C@H]4C3(F)F)c(=O)n2)cc1Cl. The lowest BCUT2D eigenvalue weighted by atomic mass is 10.1. The van der Waals surface area contributed by atoms with Crippen LogP contribution in [-0.4, -0.2) is 47.5 Å². The molecule has 192 valence electrons. The Morgan fingerprint density at radius 3 is 2.63 bits per heavy atom. The van der Waals surface area contributed by atoms with Crippen LogP contribution in [-0.2, 0) is 29.4 Å². The molecule has 2 unspecified atom stereocenters. The van der Waals surface area contributed by atoms with Crippen LogP contribution >= 0.6 is 31.0 Å². The second kappa shape index (κ2) is 9.93. The van der Waals surface area contributed by atoms with Gasteiger partial charge in [-0.15, -0.1) is 0 Å². The fourth-order valence-corrected chi connectivity index (χ4v) is 5.93. The Morgan fingerprint density at radius 1 is 1.34 bits per heavy atom. The number of rotatable bonds is 7. The van der Waals surface area contributed by atoms with Gasteiger partial charge in [0.2, 0.25) is 6.23 Å². The van der Waals surface area contributed by atoms with Crippen LogP contribution in [0.15, 0.2) is 29.2 Å². The average Bonchev–Trinajstić information content (AvgIpc) is 3.01. The summed E-state index contributed by atoms with van der Waals surface area (Å²) in [5.74, 6) is -3.26. The number of halogens is 4. The van der Waals surface area contributed by atoms with Crippen LogP contribution in [0.3, 0.4) is 0 Å². The summed E-state index contributed by atoms with van der Waals surface area (Å²) in [4.78, 5) is 16.4. The molecule has 0 radical (unpaired) electrons. The van der Waals surface area contributed by atoms with E-state index >= 15 is 8.78 Å². The van der Waals surface area contributed by atoms with Gasteiger partial charge in [-0.3, -0.25) is 18.1 Å². The number of hydrogen-bond donors (Lipinski definition) is 1. The Bertz CT molecular complexity index is 1190. The minimum Gasteiger partial charge on any atom is -0.494 e. The first-order valence-electron chi connectivity index (χ1n) is 10.4. The van der Waals surface area contributed by atoms with Crippen molar-refractivity contribution in [2.24, 2.45) is 0 Å². The van der Waals surface area contributed by atoms with Crippen molar-refractivity contribution in [2.75, 3.05) is 19.0 Å². The molecule has 2 aliphatic rings. The van der Waals surface area contributed by atoms with Gasteiger partial charge in [0.05, 0.1) is 29.9 Å². The highest BCUT2D eigenvalue weighted by molar-refractivity contribution is 7.48. The number of nitrogens with one attached hydrogen (secondary N) is 1. The number of hydrogen-bond acceptors (Lipinski definition) is 9. The predicted octanol–water partition coefficient (Wildman–Crippen LogP) is 4.65. The minimum atomic E-state index is -4.21. The Hall–Kier alpha value is -1.79. The average molecular weight is 556 g/mol. The smallest absolute Gasteiger partial charge is 0.475 e. The second-order valence-electron chi connectivity index (χ2n) is 8.07. The van der Waals surface area contributed by atoms with Crippen LogP contribution in [0.1, 0.15) is 25.6 Å². The van der Waals surface area contributed by atoms with E-state index in [1.807, 2.05) is 0 Å². The number of benzene rings is 1. The monoisotopic (exact) mass is 555 g/mol. The van der Waals surface area contributed by atoms with E-state index in [1.165, 1.54) is 13.2 Å². The van der Waals surface area contributed by atoms with Crippen LogP contribution in [0.4, 0.5) is 14.6 Å². The van der Waals surface area contributed by atoms with Crippen LogP contribution < -0.4 is 15.7 Å².